The molecule has 4 rings (SSSR count). The van der Waals surface area contributed by atoms with Crippen molar-refractivity contribution in [2.45, 2.75) is 19.0 Å². The van der Waals surface area contributed by atoms with E-state index in [1.165, 1.54) is 23.5 Å². The summed E-state index contributed by atoms with van der Waals surface area (Å²) in [5.74, 6) is 0.815. The highest BCUT2D eigenvalue weighted by Gasteiger charge is 2.24. The Hall–Kier alpha value is -2.45. The lowest BCUT2D eigenvalue weighted by atomic mass is 10.1. The Kier molecular flexibility index (Phi) is 8.44. The zero-order valence-corrected chi connectivity index (χ0v) is 24.1. The Morgan fingerprint density at radius 2 is 1.77 bits per heavy atom. The number of H-pyrrole nitrogens is 1. The van der Waals surface area contributed by atoms with Crippen LogP contribution in [0.1, 0.15) is 16.7 Å². The molecule has 0 atom stereocenters. The van der Waals surface area contributed by atoms with Crippen LogP contribution in [0.15, 0.2) is 70.9 Å². The first-order chi connectivity index (χ1) is 16.8. The minimum absolute atomic E-state index is 0.122. The maximum Gasteiger partial charge on any atom is 0.342 e. The summed E-state index contributed by atoms with van der Waals surface area (Å²) in [7, 11) is 0. The number of phenols is 1. The minimum atomic E-state index is -0.276. The van der Waals surface area contributed by atoms with Crippen LogP contribution in [0.5, 0.6) is 5.75 Å². The molecule has 4 aromatic rings. The van der Waals surface area contributed by atoms with E-state index in [9.17, 15) is 9.90 Å². The largest absolute Gasteiger partial charge is 0.506 e. The van der Waals surface area contributed by atoms with E-state index in [4.69, 9.17) is 0 Å². The first-order valence-electron chi connectivity index (χ1n) is 10.6. The molecular formula is C25H22I2N5O2S+. The molecule has 1 aromatic heterocycles. The van der Waals surface area contributed by atoms with Crippen molar-refractivity contribution in [3.8, 4) is 22.8 Å². The van der Waals surface area contributed by atoms with Crippen LogP contribution < -0.4 is 9.99 Å². The molecule has 10 heteroatoms. The number of nitrogens with zero attached hydrogens (tertiary/aromatic N) is 3. The molecule has 0 saturated heterocycles. The molecule has 0 radical (unpaired) electrons. The molecule has 3 aromatic carbocycles. The van der Waals surface area contributed by atoms with Crippen molar-refractivity contribution < 1.29 is 14.5 Å². The molecule has 0 fully saturated rings. The van der Waals surface area contributed by atoms with Gasteiger partial charge in [0, 0.05) is 9.13 Å². The van der Waals surface area contributed by atoms with Gasteiger partial charge in [-0.25, -0.2) is 5.43 Å². The van der Waals surface area contributed by atoms with Crippen molar-refractivity contribution in [1.29, 1.82) is 0 Å². The first kappa shape index (κ1) is 25.6. The summed E-state index contributed by atoms with van der Waals surface area (Å²) in [6.45, 7) is 4.09. The van der Waals surface area contributed by atoms with Crippen molar-refractivity contribution in [3.05, 3.63) is 84.5 Å². The number of amides is 1. The Morgan fingerprint density at radius 3 is 2.46 bits per heavy atom. The minimum Gasteiger partial charge on any atom is -0.506 e. The number of aromatic amines is 1. The number of carbonyl (C=O) groups is 1. The number of rotatable bonds is 7. The smallest absolute Gasteiger partial charge is 0.342 e. The summed E-state index contributed by atoms with van der Waals surface area (Å²) in [6.07, 6.45) is 1.44. The van der Waals surface area contributed by atoms with Crippen molar-refractivity contribution in [2.75, 3.05) is 5.75 Å². The van der Waals surface area contributed by atoms with E-state index in [0.29, 0.717) is 10.7 Å². The molecule has 0 aliphatic carbocycles. The average molecular weight is 710 g/mol. The number of benzene rings is 3. The molecule has 1 amide bonds. The summed E-state index contributed by atoms with van der Waals surface area (Å²) in [6, 6.07) is 20.0. The molecule has 0 unspecified atom stereocenters. The summed E-state index contributed by atoms with van der Waals surface area (Å²) in [5.41, 5.74) is 7.35. The van der Waals surface area contributed by atoms with E-state index in [2.05, 4.69) is 78.0 Å². The predicted molar refractivity (Wildman–Crippen MR) is 155 cm³/mol. The van der Waals surface area contributed by atoms with Gasteiger partial charge in [0.1, 0.15) is 11.4 Å². The van der Waals surface area contributed by atoms with Gasteiger partial charge in [-0.1, -0.05) is 35.4 Å². The number of nitrogens with one attached hydrogen (secondary N) is 2. The van der Waals surface area contributed by atoms with Crippen LogP contribution in [0.3, 0.4) is 0 Å². The Labute approximate surface area is 234 Å². The molecule has 0 aliphatic rings. The van der Waals surface area contributed by atoms with Gasteiger partial charge in [0.15, 0.2) is 0 Å². The highest BCUT2D eigenvalue weighted by molar-refractivity contribution is 14.1. The average Bonchev–Trinajstić information content (AvgIpc) is 3.25. The number of aryl methyl sites for hydroxylation is 2. The number of aromatic nitrogens is 3. The SMILES string of the molecule is Cc1ccc(-c2[nH]nc(SCC(=O)N/N=C/c3cc(I)cc(I)c3O)[n+]2-c2ccc(C)cc2)cc1. The zero-order chi connectivity index (χ0) is 24.9. The number of hydrazone groups is 1. The fraction of sp³-hybridized carbons (Fsp3) is 0.120. The molecule has 1 heterocycles. The lowest BCUT2D eigenvalue weighted by Crippen LogP contribution is -2.34. The van der Waals surface area contributed by atoms with Crippen LogP contribution in [-0.2, 0) is 4.79 Å². The van der Waals surface area contributed by atoms with Gasteiger partial charge >= 0.3 is 5.16 Å². The predicted octanol–water partition coefficient (Wildman–Crippen LogP) is 5.13. The quantitative estimate of drug-likeness (QED) is 0.0817. The van der Waals surface area contributed by atoms with E-state index >= 15 is 0 Å². The second-order valence-corrected chi connectivity index (χ2v) is 11.1. The Bertz CT molecular complexity index is 1390. The van der Waals surface area contributed by atoms with Crippen molar-refractivity contribution in [1.82, 2.24) is 15.6 Å². The second kappa shape index (κ2) is 11.5. The van der Waals surface area contributed by atoms with Crippen molar-refractivity contribution >= 4 is 69.1 Å². The number of halogens is 2. The fourth-order valence-electron chi connectivity index (χ4n) is 3.25. The summed E-state index contributed by atoms with van der Waals surface area (Å²) < 4.78 is 3.70. The monoisotopic (exact) mass is 710 g/mol. The topological polar surface area (TPSA) is 94.2 Å². The van der Waals surface area contributed by atoms with Gasteiger partial charge < -0.3 is 5.11 Å². The summed E-state index contributed by atoms with van der Waals surface area (Å²) >= 11 is 5.54. The molecule has 3 N–H and O–H groups in total. The van der Waals surface area contributed by atoms with Crippen LogP contribution in [0.25, 0.3) is 17.1 Å². The Balaban J connectivity index is 1.51. The highest BCUT2D eigenvalue weighted by atomic mass is 127. The standard InChI is InChI=1S/C25H21I2N5O2S/c1-15-3-7-17(8-4-15)24-30-31-25(32(24)20-9-5-16(2)6-10-20)35-14-22(33)29-28-13-18-11-19(26)12-21(27)23(18)34/h3-13H,14H2,1-2H3,(H2,28,29,33,34)/p+1. The molecule has 7 nitrogen and oxygen atoms in total. The number of aromatic hydroxyl groups is 1. The number of thioether (sulfide) groups is 1. The molecule has 0 aliphatic heterocycles. The molecular weight excluding hydrogens is 688 g/mol. The van der Waals surface area contributed by atoms with Gasteiger partial charge in [-0.15, -0.1) is 5.10 Å². The van der Waals surface area contributed by atoms with Gasteiger partial charge in [0.05, 0.1) is 26.2 Å². The molecule has 0 spiro atoms. The second-order valence-electron chi connectivity index (χ2n) is 7.80. The van der Waals surface area contributed by atoms with Crippen LogP contribution in [-0.4, -0.2) is 33.2 Å². The third-order valence-electron chi connectivity index (χ3n) is 5.07. The van der Waals surface area contributed by atoms with E-state index in [0.717, 1.165) is 29.8 Å². The van der Waals surface area contributed by atoms with E-state index < -0.39 is 0 Å². The molecule has 178 valence electrons. The molecule has 35 heavy (non-hydrogen) atoms. The van der Waals surface area contributed by atoms with Crippen LogP contribution in [0.4, 0.5) is 0 Å². The zero-order valence-electron chi connectivity index (χ0n) is 18.9. The molecule has 0 saturated carbocycles. The Morgan fingerprint density at radius 1 is 1.11 bits per heavy atom. The van der Waals surface area contributed by atoms with Gasteiger partial charge in [-0.05, 0) is 107 Å². The van der Waals surface area contributed by atoms with E-state index in [-0.39, 0.29) is 17.4 Å². The third kappa shape index (κ3) is 6.41. The van der Waals surface area contributed by atoms with Crippen LogP contribution in [0.2, 0.25) is 0 Å². The number of hydrogen-bond donors (Lipinski definition) is 3. The summed E-state index contributed by atoms with van der Waals surface area (Å²) in [4.78, 5) is 12.5. The van der Waals surface area contributed by atoms with Crippen LogP contribution >= 0.6 is 56.9 Å². The van der Waals surface area contributed by atoms with Gasteiger partial charge in [-0.3, -0.25) is 4.79 Å². The van der Waals surface area contributed by atoms with Gasteiger partial charge in [0.25, 0.3) is 11.7 Å². The van der Waals surface area contributed by atoms with E-state index in [1.54, 1.807) is 6.07 Å². The highest BCUT2D eigenvalue weighted by Crippen LogP contribution is 2.25. The fourth-order valence-corrected chi connectivity index (χ4v) is 5.90. The normalized spacial score (nSPS) is 11.2. The van der Waals surface area contributed by atoms with Gasteiger partial charge in [-0.2, -0.15) is 9.67 Å². The number of carbonyl (C=O) groups excluding carboxylic acids is 1. The number of hydrogen-bond acceptors (Lipinski definition) is 5. The lowest BCUT2D eigenvalue weighted by Gasteiger charge is -2.05. The molecule has 0 bridgehead atoms. The van der Waals surface area contributed by atoms with Gasteiger partial charge in [0.2, 0.25) is 0 Å². The number of phenolic OH excluding ortho intramolecular Hbond substituents is 1. The third-order valence-corrected chi connectivity index (χ3v) is 7.46. The first-order valence-corrected chi connectivity index (χ1v) is 13.7. The summed E-state index contributed by atoms with van der Waals surface area (Å²) in [5, 5.41) is 22.5. The van der Waals surface area contributed by atoms with Crippen molar-refractivity contribution in [2.24, 2.45) is 5.10 Å². The van der Waals surface area contributed by atoms with E-state index in [1.807, 2.05) is 60.9 Å². The lowest BCUT2D eigenvalue weighted by molar-refractivity contribution is -0.625. The van der Waals surface area contributed by atoms with Crippen molar-refractivity contribution in [3.63, 3.8) is 0 Å². The maximum absolute atomic E-state index is 12.5. The van der Waals surface area contributed by atoms with Crippen LogP contribution in [0, 0.1) is 21.0 Å². The maximum atomic E-state index is 12.5.